The Morgan fingerprint density at radius 3 is 2.76 bits per heavy atom. The van der Waals surface area contributed by atoms with E-state index < -0.39 is 0 Å². The lowest BCUT2D eigenvalue weighted by Gasteiger charge is -2.07. The molecule has 1 heterocycles. The molecule has 1 aromatic heterocycles. The quantitative estimate of drug-likeness (QED) is 0.834. The first kappa shape index (κ1) is 15.4. The van der Waals surface area contributed by atoms with Crippen molar-refractivity contribution in [2.75, 3.05) is 11.6 Å². The van der Waals surface area contributed by atoms with Crippen LogP contribution in [0, 0.1) is 13.8 Å². The maximum Gasteiger partial charge on any atom is 0.325 e. The number of aromatic nitrogens is 2. The third-order valence-electron chi connectivity index (χ3n) is 3.40. The SMILES string of the molecule is CSc1cccc(NC(=O)CCn2c(C)c(C)[nH]c2=O)c1. The molecular formula is C15H19N3O2S. The van der Waals surface area contributed by atoms with E-state index in [0.717, 1.165) is 22.0 Å². The maximum absolute atomic E-state index is 12.0. The Labute approximate surface area is 127 Å². The number of H-pyrrole nitrogens is 1. The van der Waals surface area contributed by atoms with Gasteiger partial charge in [0, 0.05) is 34.9 Å². The van der Waals surface area contributed by atoms with Gasteiger partial charge in [0.2, 0.25) is 5.91 Å². The minimum Gasteiger partial charge on any atom is -0.326 e. The molecule has 0 aliphatic carbocycles. The third kappa shape index (κ3) is 3.78. The lowest BCUT2D eigenvalue weighted by atomic mass is 10.3. The molecule has 6 heteroatoms. The summed E-state index contributed by atoms with van der Waals surface area (Å²) in [7, 11) is 0. The molecular weight excluding hydrogens is 286 g/mol. The van der Waals surface area contributed by atoms with E-state index in [9.17, 15) is 9.59 Å². The summed E-state index contributed by atoms with van der Waals surface area (Å²) in [6.07, 6.45) is 2.26. The predicted molar refractivity (Wildman–Crippen MR) is 86.0 cm³/mol. The summed E-state index contributed by atoms with van der Waals surface area (Å²) < 4.78 is 1.59. The fraction of sp³-hybridized carbons (Fsp3) is 0.333. The van der Waals surface area contributed by atoms with Crippen molar-refractivity contribution < 1.29 is 4.79 Å². The number of hydrogen-bond acceptors (Lipinski definition) is 3. The molecule has 0 bridgehead atoms. The summed E-state index contributed by atoms with van der Waals surface area (Å²) in [5, 5.41) is 2.85. The number of aromatic amines is 1. The molecule has 0 aliphatic heterocycles. The summed E-state index contributed by atoms with van der Waals surface area (Å²) in [6, 6.07) is 7.69. The zero-order valence-electron chi connectivity index (χ0n) is 12.4. The zero-order valence-corrected chi connectivity index (χ0v) is 13.2. The Hall–Kier alpha value is -1.95. The number of thioether (sulfide) groups is 1. The van der Waals surface area contributed by atoms with Gasteiger partial charge in [-0.3, -0.25) is 9.36 Å². The van der Waals surface area contributed by atoms with Gasteiger partial charge in [-0.2, -0.15) is 0 Å². The number of anilines is 1. The highest BCUT2D eigenvalue weighted by molar-refractivity contribution is 7.98. The number of carbonyl (C=O) groups excluding carboxylic acids is 1. The van der Waals surface area contributed by atoms with Gasteiger partial charge in [0.05, 0.1) is 0 Å². The van der Waals surface area contributed by atoms with Crippen molar-refractivity contribution in [3.05, 3.63) is 46.1 Å². The van der Waals surface area contributed by atoms with E-state index in [1.807, 2.05) is 44.4 Å². The largest absolute Gasteiger partial charge is 0.326 e. The van der Waals surface area contributed by atoms with Gasteiger partial charge in [0.1, 0.15) is 0 Å². The zero-order chi connectivity index (χ0) is 15.4. The van der Waals surface area contributed by atoms with Crippen LogP contribution in [0.4, 0.5) is 5.69 Å². The van der Waals surface area contributed by atoms with Gasteiger partial charge in [-0.05, 0) is 38.3 Å². The molecule has 0 spiro atoms. The lowest BCUT2D eigenvalue weighted by molar-refractivity contribution is -0.116. The average molecular weight is 305 g/mol. The van der Waals surface area contributed by atoms with Crippen LogP contribution < -0.4 is 11.0 Å². The van der Waals surface area contributed by atoms with Crippen molar-refractivity contribution in [1.82, 2.24) is 9.55 Å². The van der Waals surface area contributed by atoms with Gasteiger partial charge in [-0.25, -0.2) is 4.79 Å². The predicted octanol–water partition coefficient (Wildman–Crippen LogP) is 2.54. The summed E-state index contributed by atoms with van der Waals surface area (Å²) in [5.41, 5.74) is 2.33. The molecule has 0 radical (unpaired) electrons. The van der Waals surface area contributed by atoms with Gasteiger partial charge in [-0.1, -0.05) is 6.07 Å². The molecule has 0 saturated heterocycles. The molecule has 0 aliphatic rings. The number of aryl methyl sites for hydroxylation is 1. The smallest absolute Gasteiger partial charge is 0.325 e. The van der Waals surface area contributed by atoms with E-state index in [0.29, 0.717) is 6.54 Å². The number of amides is 1. The molecule has 112 valence electrons. The Kier molecular flexibility index (Phi) is 4.90. The van der Waals surface area contributed by atoms with Gasteiger partial charge < -0.3 is 10.3 Å². The molecule has 0 unspecified atom stereocenters. The molecule has 2 N–H and O–H groups in total. The number of hydrogen-bond donors (Lipinski definition) is 2. The van der Waals surface area contributed by atoms with Crippen molar-refractivity contribution in [3.8, 4) is 0 Å². The molecule has 0 atom stereocenters. The molecule has 1 amide bonds. The Balaban J connectivity index is 1.97. The normalized spacial score (nSPS) is 10.6. The van der Waals surface area contributed by atoms with E-state index >= 15 is 0 Å². The molecule has 5 nitrogen and oxygen atoms in total. The van der Waals surface area contributed by atoms with Gasteiger partial charge in [-0.15, -0.1) is 11.8 Å². The van der Waals surface area contributed by atoms with Gasteiger partial charge in [0.25, 0.3) is 0 Å². The number of carbonyl (C=O) groups is 1. The Bertz CT molecular complexity index is 703. The van der Waals surface area contributed by atoms with Crippen LogP contribution in [0.15, 0.2) is 34.0 Å². The second kappa shape index (κ2) is 6.67. The van der Waals surface area contributed by atoms with Crippen molar-refractivity contribution in [2.24, 2.45) is 0 Å². The maximum atomic E-state index is 12.0. The number of rotatable bonds is 5. The highest BCUT2D eigenvalue weighted by Gasteiger charge is 2.09. The number of benzene rings is 1. The molecule has 21 heavy (non-hydrogen) atoms. The van der Waals surface area contributed by atoms with Crippen LogP contribution in [0.1, 0.15) is 17.8 Å². The van der Waals surface area contributed by atoms with E-state index in [1.54, 1.807) is 16.3 Å². The first-order valence-corrected chi connectivity index (χ1v) is 7.93. The van der Waals surface area contributed by atoms with Crippen LogP contribution in [-0.4, -0.2) is 21.7 Å². The van der Waals surface area contributed by atoms with Crippen molar-refractivity contribution >= 4 is 23.4 Å². The fourth-order valence-electron chi connectivity index (χ4n) is 2.08. The summed E-state index contributed by atoms with van der Waals surface area (Å²) in [4.78, 5) is 27.5. The van der Waals surface area contributed by atoms with Crippen LogP contribution in [0.3, 0.4) is 0 Å². The monoisotopic (exact) mass is 305 g/mol. The van der Waals surface area contributed by atoms with Crippen molar-refractivity contribution in [1.29, 1.82) is 0 Å². The molecule has 1 aromatic carbocycles. The van der Waals surface area contributed by atoms with Gasteiger partial charge >= 0.3 is 5.69 Å². The van der Waals surface area contributed by atoms with Crippen LogP contribution in [0.5, 0.6) is 0 Å². The summed E-state index contributed by atoms with van der Waals surface area (Å²) in [5.74, 6) is -0.0987. The topological polar surface area (TPSA) is 66.9 Å². The third-order valence-corrected chi connectivity index (χ3v) is 4.13. The Morgan fingerprint density at radius 1 is 1.38 bits per heavy atom. The summed E-state index contributed by atoms with van der Waals surface area (Å²) >= 11 is 1.63. The van der Waals surface area contributed by atoms with Crippen LogP contribution in [-0.2, 0) is 11.3 Å². The highest BCUT2D eigenvalue weighted by Crippen LogP contribution is 2.19. The number of nitrogens with one attached hydrogen (secondary N) is 2. The van der Waals surface area contributed by atoms with E-state index in [-0.39, 0.29) is 18.0 Å². The number of imidazole rings is 1. The fourth-order valence-corrected chi connectivity index (χ4v) is 2.54. The second-order valence-corrected chi connectivity index (χ2v) is 5.70. The molecule has 0 fully saturated rings. The second-order valence-electron chi connectivity index (χ2n) is 4.82. The van der Waals surface area contributed by atoms with Crippen molar-refractivity contribution in [2.45, 2.75) is 31.7 Å². The average Bonchev–Trinajstić information content (AvgIpc) is 2.70. The molecule has 2 aromatic rings. The van der Waals surface area contributed by atoms with E-state index in [1.165, 1.54) is 0 Å². The first-order valence-electron chi connectivity index (χ1n) is 6.71. The lowest BCUT2D eigenvalue weighted by Crippen LogP contribution is -2.22. The van der Waals surface area contributed by atoms with E-state index in [2.05, 4.69) is 10.3 Å². The highest BCUT2D eigenvalue weighted by atomic mass is 32.2. The van der Waals surface area contributed by atoms with Crippen molar-refractivity contribution in [3.63, 3.8) is 0 Å². The minimum atomic E-state index is -0.165. The van der Waals surface area contributed by atoms with Crippen LogP contribution in [0.2, 0.25) is 0 Å². The summed E-state index contributed by atoms with van der Waals surface area (Å²) in [6.45, 7) is 4.09. The van der Waals surface area contributed by atoms with Gasteiger partial charge in [0.15, 0.2) is 0 Å². The first-order chi connectivity index (χ1) is 10.0. The van der Waals surface area contributed by atoms with Crippen LogP contribution >= 0.6 is 11.8 Å². The number of nitrogens with zero attached hydrogens (tertiary/aromatic N) is 1. The molecule has 2 rings (SSSR count). The minimum absolute atomic E-state index is 0.0987. The standard InChI is InChI=1S/C15H19N3O2S/c1-10-11(2)18(15(20)16-10)8-7-14(19)17-12-5-4-6-13(9-12)21-3/h4-6,9H,7-8H2,1-3H3,(H,16,20)(H,17,19). The Morgan fingerprint density at radius 2 is 2.14 bits per heavy atom. The van der Waals surface area contributed by atoms with E-state index in [4.69, 9.17) is 0 Å². The van der Waals surface area contributed by atoms with Crippen LogP contribution in [0.25, 0.3) is 0 Å². The molecule has 0 saturated carbocycles.